The van der Waals surface area contributed by atoms with Crippen molar-refractivity contribution in [1.82, 2.24) is 0 Å². The van der Waals surface area contributed by atoms with Crippen LogP contribution in [0.1, 0.15) is 5.56 Å². The van der Waals surface area contributed by atoms with Crippen molar-refractivity contribution < 1.29 is 9.90 Å². The number of carbonyl (C=O) groups is 1. The van der Waals surface area contributed by atoms with Crippen LogP contribution < -0.4 is 0 Å². The van der Waals surface area contributed by atoms with Gasteiger partial charge in [0.05, 0.1) is 0 Å². The van der Waals surface area contributed by atoms with E-state index in [9.17, 15) is 4.79 Å². The van der Waals surface area contributed by atoms with Crippen molar-refractivity contribution in [1.29, 1.82) is 0 Å². The minimum atomic E-state index is -0.981. The van der Waals surface area contributed by atoms with E-state index in [0.717, 1.165) is 6.08 Å². The molecule has 2 nitrogen and oxygen atoms in total. The molecule has 2 aromatic carbocycles. The van der Waals surface area contributed by atoms with Gasteiger partial charge in [-0.1, -0.05) is 86.0 Å². The highest BCUT2D eigenvalue weighted by atomic mass is 16.4. The fourth-order valence-corrected chi connectivity index (χ4v) is 0.974. The summed E-state index contributed by atoms with van der Waals surface area (Å²) in [6.07, 6.45) is 2.67. The van der Waals surface area contributed by atoms with Gasteiger partial charge >= 0.3 is 5.97 Å². The average Bonchev–Trinajstić information content (AvgIpc) is 2.51. The molecule has 0 amide bonds. The van der Waals surface area contributed by atoms with Crippen LogP contribution in [0.2, 0.25) is 0 Å². The van der Waals surface area contributed by atoms with Gasteiger partial charge in [0.25, 0.3) is 0 Å². The molecule has 0 fully saturated rings. The molecule has 2 aromatic rings. The van der Waals surface area contributed by atoms with Crippen molar-refractivity contribution in [2.24, 2.45) is 0 Å². The summed E-state index contributed by atoms with van der Waals surface area (Å²) in [6.45, 7) is 6.59. The Morgan fingerprint density at radius 2 is 1.16 bits per heavy atom. The molecule has 0 aliphatic carbocycles. The number of aliphatic carboxylic acids is 1. The van der Waals surface area contributed by atoms with Crippen molar-refractivity contribution in [2.75, 3.05) is 0 Å². The summed E-state index contributed by atoms with van der Waals surface area (Å²) < 4.78 is 0. The topological polar surface area (TPSA) is 37.3 Å². The van der Waals surface area contributed by atoms with E-state index in [1.807, 2.05) is 72.8 Å². The Morgan fingerprint density at radius 1 is 0.842 bits per heavy atom. The summed E-state index contributed by atoms with van der Waals surface area (Å²) in [4.78, 5) is 9.25. The monoisotopic (exact) mass is 254 g/mol. The van der Waals surface area contributed by atoms with Gasteiger partial charge in [-0.2, -0.15) is 0 Å². The number of benzene rings is 2. The summed E-state index contributed by atoms with van der Waals surface area (Å²) in [6, 6.07) is 22.0. The van der Waals surface area contributed by atoms with Gasteiger partial charge in [0, 0.05) is 6.08 Å². The van der Waals surface area contributed by atoms with Gasteiger partial charge < -0.3 is 5.11 Å². The second-order valence-electron chi connectivity index (χ2n) is 3.31. The molecule has 0 radical (unpaired) electrons. The van der Waals surface area contributed by atoms with Crippen molar-refractivity contribution in [3.8, 4) is 0 Å². The third-order valence-corrected chi connectivity index (χ3v) is 1.88. The van der Waals surface area contributed by atoms with Gasteiger partial charge in [-0.05, 0) is 5.56 Å². The number of carboxylic acid groups (broad SMARTS) is 1. The Kier molecular flexibility index (Phi) is 10.2. The summed E-state index contributed by atoms with van der Waals surface area (Å²) in [5.41, 5.74) is 1.17. The lowest BCUT2D eigenvalue weighted by atomic mass is 10.2. The Morgan fingerprint density at radius 3 is 1.37 bits per heavy atom. The SMILES string of the molecule is C=CC(=O)O.C=Cc1ccccc1.c1ccccc1. The Bertz CT molecular complexity index is 434. The predicted octanol–water partition coefficient (Wildman–Crippen LogP) is 4.27. The molecule has 0 aromatic heterocycles. The predicted molar refractivity (Wildman–Crippen MR) is 80.8 cm³/mol. The smallest absolute Gasteiger partial charge is 0.327 e. The van der Waals surface area contributed by atoms with E-state index in [1.54, 1.807) is 0 Å². The van der Waals surface area contributed by atoms with E-state index < -0.39 is 5.97 Å². The third-order valence-electron chi connectivity index (χ3n) is 1.88. The van der Waals surface area contributed by atoms with Crippen LogP contribution in [-0.2, 0) is 4.79 Å². The van der Waals surface area contributed by atoms with Crippen LogP contribution in [0.15, 0.2) is 86.0 Å². The number of rotatable bonds is 2. The van der Waals surface area contributed by atoms with Crippen molar-refractivity contribution in [3.05, 3.63) is 91.5 Å². The van der Waals surface area contributed by atoms with Gasteiger partial charge in [-0.25, -0.2) is 4.79 Å². The normalized spacial score (nSPS) is 7.79. The van der Waals surface area contributed by atoms with Crippen LogP contribution in [0.25, 0.3) is 6.08 Å². The van der Waals surface area contributed by atoms with Gasteiger partial charge in [-0.15, -0.1) is 0 Å². The lowest BCUT2D eigenvalue weighted by Crippen LogP contribution is -1.82. The molecule has 98 valence electrons. The molecule has 0 atom stereocenters. The molecule has 0 saturated heterocycles. The zero-order chi connectivity index (χ0) is 14.3. The first kappa shape index (κ1) is 16.4. The second-order valence-corrected chi connectivity index (χ2v) is 3.31. The van der Waals surface area contributed by atoms with Crippen molar-refractivity contribution >= 4 is 12.0 Å². The van der Waals surface area contributed by atoms with Crippen LogP contribution in [0.3, 0.4) is 0 Å². The Labute approximate surface area is 114 Å². The molecule has 19 heavy (non-hydrogen) atoms. The van der Waals surface area contributed by atoms with E-state index in [0.29, 0.717) is 0 Å². The first-order valence-electron chi connectivity index (χ1n) is 5.73. The molecule has 0 heterocycles. The highest BCUT2D eigenvalue weighted by Gasteiger charge is 1.75. The van der Waals surface area contributed by atoms with E-state index in [4.69, 9.17) is 5.11 Å². The Balaban J connectivity index is 0.000000265. The molecule has 0 unspecified atom stereocenters. The molecular weight excluding hydrogens is 236 g/mol. The molecule has 0 aliphatic heterocycles. The van der Waals surface area contributed by atoms with Gasteiger partial charge in [-0.3, -0.25) is 0 Å². The van der Waals surface area contributed by atoms with Crippen LogP contribution in [0.4, 0.5) is 0 Å². The maximum atomic E-state index is 9.25. The minimum absolute atomic E-state index is 0.833. The van der Waals surface area contributed by atoms with Gasteiger partial charge in [0.2, 0.25) is 0 Å². The van der Waals surface area contributed by atoms with Gasteiger partial charge in [0.1, 0.15) is 0 Å². The van der Waals surface area contributed by atoms with Crippen LogP contribution in [-0.4, -0.2) is 11.1 Å². The quantitative estimate of drug-likeness (QED) is 0.812. The summed E-state index contributed by atoms with van der Waals surface area (Å²) in [5.74, 6) is -0.981. The number of hydrogen-bond donors (Lipinski definition) is 1. The maximum absolute atomic E-state index is 9.25. The molecule has 0 saturated carbocycles. The van der Waals surface area contributed by atoms with Crippen molar-refractivity contribution in [3.63, 3.8) is 0 Å². The zero-order valence-electron chi connectivity index (χ0n) is 10.8. The number of carboxylic acids is 1. The maximum Gasteiger partial charge on any atom is 0.327 e. The summed E-state index contributed by atoms with van der Waals surface area (Å²) in [7, 11) is 0. The van der Waals surface area contributed by atoms with Crippen molar-refractivity contribution in [2.45, 2.75) is 0 Å². The standard InChI is InChI=1S/C8H8.C6H6.C3H4O2/c1-2-8-6-4-3-5-7-8;1-2-4-6-5-3-1;1-2-3(4)5/h2-7H,1H2;1-6H;2H,1H2,(H,4,5). The van der Waals surface area contributed by atoms with Crippen LogP contribution >= 0.6 is 0 Å². The molecular formula is C17H18O2. The minimum Gasteiger partial charge on any atom is -0.478 e. The fourth-order valence-electron chi connectivity index (χ4n) is 0.974. The molecule has 2 heteroatoms. The van der Waals surface area contributed by atoms with E-state index >= 15 is 0 Å². The highest BCUT2D eigenvalue weighted by molar-refractivity contribution is 5.78. The van der Waals surface area contributed by atoms with E-state index in [2.05, 4.69) is 13.2 Å². The van der Waals surface area contributed by atoms with E-state index in [-0.39, 0.29) is 0 Å². The lowest BCUT2D eigenvalue weighted by Gasteiger charge is -1.85. The molecule has 2 rings (SSSR count). The third kappa shape index (κ3) is 11.6. The largest absolute Gasteiger partial charge is 0.478 e. The second kappa shape index (κ2) is 11.9. The molecule has 1 N–H and O–H groups in total. The number of hydrogen-bond acceptors (Lipinski definition) is 1. The lowest BCUT2D eigenvalue weighted by molar-refractivity contribution is -0.131. The Hall–Kier alpha value is -2.61. The van der Waals surface area contributed by atoms with Crippen LogP contribution in [0, 0.1) is 0 Å². The molecule has 0 spiro atoms. The first-order valence-corrected chi connectivity index (χ1v) is 5.73. The molecule has 0 aliphatic rings. The zero-order valence-corrected chi connectivity index (χ0v) is 10.8. The average molecular weight is 254 g/mol. The molecule has 0 bridgehead atoms. The summed E-state index contributed by atoms with van der Waals surface area (Å²) >= 11 is 0. The van der Waals surface area contributed by atoms with Gasteiger partial charge in [0.15, 0.2) is 0 Å². The summed E-state index contributed by atoms with van der Waals surface area (Å²) in [5, 5.41) is 7.60. The van der Waals surface area contributed by atoms with Crippen LogP contribution in [0.5, 0.6) is 0 Å². The highest BCUT2D eigenvalue weighted by Crippen LogP contribution is 1.97. The first-order chi connectivity index (χ1) is 9.20. The fraction of sp³-hybridized carbons (Fsp3) is 0. The van der Waals surface area contributed by atoms with E-state index in [1.165, 1.54) is 5.56 Å².